The summed E-state index contributed by atoms with van der Waals surface area (Å²) in [5, 5.41) is 5.94. The van der Waals surface area contributed by atoms with Crippen LogP contribution in [-0.4, -0.2) is 30.0 Å². The first-order valence-corrected chi connectivity index (χ1v) is 8.06. The maximum absolute atomic E-state index is 12.2. The van der Waals surface area contributed by atoms with E-state index in [9.17, 15) is 9.59 Å². The molecule has 4 rings (SSSR count). The molecule has 3 aromatic rings. The summed E-state index contributed by atoms with van der Waals surface area (Å²) in [7, 11) is 0. The smallest absolute Gasteiger partial charge is 0.314 e. The second-order valence-corrected chi connectivity index (χ2v) is 5.64. The second kappa shape index (κ2) is 6.72. The molecule has 0 radical (unpaired) electrons. The van der Waals surface area contributed by atoms with Crippen molar-refractivity contribution in [2.75, 3.05) is 23.8 Å². The summed E-state index contributed by atoms with van der Waals surface area (Å²) in [6.07, 6.45) is 1.67. The van der Waals surface area contributed by atoms with Crippen LogP contribution >= 0.6 is 0 Å². The summed E-state index contributed by atoms with van der Waals surface area (Å²) in [5.74, 6) is -0.393. The molecule has 0 saturated heterocycles. The minimum Gasteiger partial charge on any atom is -0.486 e. The predicted octanol–water partition coefficient (Wildman–Crippen LogP) is 2.58. The van der Waals surface area contributed by atoms with Crippen molar-refractivity contribution in [1.82, 2.24) is 4.98 Å². The fraction of sp³-hybridized carbons (Fsp3) is 0.105. The van der Waals surface area contributed by atoms with Crippen LogP contribution in [0.4, 0.5) is 11.4 Å². The van der Waals surface area contributed by atoms with E-state index in [0.29, 0.717) is 36.1 Å². The quantitative estimate of drug-likeness (QED) is 0.694. The van der Waals surface area contributed by atoms with E-state index in [1.807, 2.05) is 12.1 Å². The SMILES string of the molecule is O=C(Nc1ccc2c(c1)OCCO2)C(=O)Nc1cccc2ncccc12. The lowest BCUT2D eigenvalue weighted by atomic mass is 10.2. The molecule has 0 spiro atoms. The van der Waals surface area contributed by atoms with Gasteiger partial charge in [-0.3, -0.25) is 14.6 Å². The highest BCUT2D eigenvalue weighted by molar-refractivity contribution is 6.44. The Balaban J connectivity index is 1.49. The number of nitrogens with one attached hydrogen (secondary N) is 2. The van der Waals surface area contributed by atoms with Crippen LogP contribution in [0.1, 0.15) is 0 Å². The molecule has 7 heteroatoms. The molecular formula is C19H15N3O4. The normalized spacial score (nSPS) is 12.5. The van der Waals surface area contributed by atoms with E-state index in [1.165, 1.54) is 0 Å². The van der Waals surface area contributed by atoms with Crippen molar-refractivity contribution in [3.8, 4) is 11.5 Å². The first-order valence-electron chi connectivity index (χ1n) is 8.06. The summed E-state index contributed by atoms with van der Waals surface area (Å²) in [6.45, 7) is 0.932. The van der Waals surface area contributed by atoms with E-state index in [4.69, 9.17) is 9.47 Å². The topological polar surface area (TPSA) is 89.5 Å². The first kappa shape index (κ1) is 15.9. The number of pyridine rings is 1. The summed E-state index contributed by atoms with van der Waals surface area (Å²) < 4.78 is 10.9. The van der Waals surface area contributed by atoms with Crippen LogP contribution in [0.15, 0.2) is 54.7 Å². The molecule has 1 aliphatic heterocycles. The zero-order valence-corrected chi connectivity index (χ0v) is 13.7. The number of rotatable bonds is 2. The number of aromatic nitrogens is 1. The second-order valence-electron chi connectivity index (χ2n) is 5.64. The molecule has 0 atom stereocenters. The lowest BCUT2D eigenvalue weighted by Gasteiger charge is -2.18. The maximum Gasteiger partial charge on any atom is 0.314 e. The number of amides is 2. The Bertz CT molecular complexity index is 998. The molecule has 1 aromatic heterocycles. The molecule has 1 aliphatic rings. The van der Waals surface area contributed by atoms with E-state index in [1.54, 1.807) is 42.6 Å². The van der Waals surface area contributed by atoms with Gasteiger partial charge < -0.3 is 20.1 Å². The minimum atomic E-state index is -0.775. The Morgan fingerprint density at radius 3 is 2.58 bits per heavy atom. The van der Waals surface area contributed by atoms with Crippen LogP contribution in [-0.2, 0) is 9.59 Å². The fourth-order valence-electron chi connectivity index (χ4n) is 2.70. The van der Waals surface area contributed by atoms with Gasteiger partial charge in [0.25, 0.3) is 0 Å². The first-order chi connectivity index (χ1) is 12.7. The Kier molecular flexibility index (Phi) is 4.10. The van der Waals surface area contributed by atoms with Gasteiger partial charge in [0, 0.05) is 23.3 Å². The van der Waals surface area contributed by atoms with E-state index >= 15 is 0 Å². The Morgan fingerprint density at radius 2 is 1.69 bits per heavy atom. The van der Waals surface area contributed by atoms with Crippen molar-refractivity contribution in [3.05, 3.63) is 54.7 Å². The van der Waals surface area contributed by atoms with Crippen molar-refractivity contribution >= 4 is 34.1 Å². The lowest BCUT2D eigenvalue weighted by molar-refractivity contribution is -0.132. The van der Waals surface area contributed by atoms with Gasteiger partial charge in [-0.1, -0.05) is 6.07 Å². The van der Waals surface area contributed by atoms with Gasteiger partial charge in [0.2, 0.25) is 0 Å². The molecule has 2 N–H and O–H groups in total. The van der Waals surface area contributed by atoms with Gasteiger partial charge in [0.15, 0.2) is 11.5 Å². The van der Waals surface area contributed by atoms with Crippen molar-refractivity contribution in [3.63, 3.8) is 0 Å². The highest BCUT2D eigenvalue weighted by Gasteiger charge is 2.17. The zero-order valence-electron chi connectivity index (χ0n) is 13.7. The third-order valence-electron chi connectivity index (χ3n) is 3.90. The van der Waals surface area contributed by atoms with Crippen molar-refractivity contribution < 1.29 is 19.1 Å². The van der Waals surface area contributed by atoms with Crippen LogP contribution in [0.5, 0.6) is 11.5 Å². The standard InChI is InChI=1S/C19H15N3O4/c23-18(21-12-6-7-16-17(11-12)26-10-9-25-16)19(24)22-15-5-1-4-14-13(15)3-2-8-20-14/h1-8,11H,9-10H2,(H,21,23)(H,22,24). The van der Waals surface area contributed by atoms with Crippen LogP contribution in [0.2, 0.25) is 0 Å². The molecular weight excluding hydrogens is 334 g/mol. The number of hydrogen-bond donors (Lipinski definition) is 2. The Labute approximate surface area is 148 Å². The number of carbonyl (C=O) groups is 2. The van der Waals surface area contributed by atoms with Crippen molar-refractivity contribution in [1.29, 1.82) is 0 Å². The summed E-state index contributed by atoms with van der Waals surface area (Å²) in [5.41, 5.74) is 1.71. The molecule has 0 fully saturated rings. The monoisotopic (exact) mass is 349 g/mol. The average Bonchev–Trinajstić information content (AvgIpc) is 2.68. The molecule has 26 heavy (non-hydrogen) atoms. The molecule has 2 amide bonds. The molecule has 2 heterocycles. The average molecular weight is 349 g/mol. The van der Waals surface area contributed by atoms with Gasteiger partial charge >= 0.3 is 11.8 Å². The predicted molar refractivity (Wildman–Crippen MR) is 96.4 cm³/mol. The zero-order chi connectivity index (χ0) is 17.9. The van der Waals surface area contributed by atoms with Gasteiger partial charge in [-0.05, 0) is 36.4 Å². The van der Waals surface area contributed by atoms with Crippen LogP contribution < -0.4 is 20.1 Å². The number of carbonyl (C=O) groups excluding carboxylic acids is 2. The fourth-order valence-corrected chi connectivity index (χ4v) is 2.70. The third kappa shape index (κ3) is 3.14. The van der Waals surface area contributed by atoms with Gasteiger partial charge in [0.1, 0.15) is 13.2 Å². The van der Waals surface area contributed by atoms with Crippen LogP contribution in [0.25, 0.3) is 10.9 Å². The molecule has 7 nitrogen and oxygen atoms in total. The van der Waals surface area contributed by atoms with E-state index < -0.39 is 11.8 Å². The van der Waals surface area contributed by atoms with Crippen molar-refractivity contribution in [2.45, 2.75) is 0 Å². The summed E-state index contributed by atoms with van der Waals surface area (Å²) in [4.78, 5) is 28.7. The lowest BCUT2D eigenvalue weighted by Crippen LogP contribution is -2.29. The van der Waals surface area contributed by atoms with Gasteiger partial charge in [-0.25, -0.2) is 0 Å². The number of benzene rings is 2. The van der Waals surface area contributed by atoms with Gasteiger partial charge in [0.05, 0.1) is 11.2 Å². The van der Waals surface area contributed by atoms with E-state index in [-0.39, 0.29) is 0 Å². The number of fused-ring (bicyclic) bond motifs is 2. The molecule has 0 bridgehead atoms. The number of hydrogen-bond acceptors (Lipinski definition) is 5. The summed E-state index contributed by atoms with van der Waals surface area (Å²) >= 11 is 0. The molecule has 0 saturated carbocycles. The van der Waals surface area contributed by atoms with Gasteiger partial charge in [-0.2, -0.15) is 0 Å². The van der Waals surface area contributed by atoms with Gasteiger partial charge in [-0.15, -0.1) is 0 Å². The number of ether oxygens (including phenoxy) is 2. The Hall–Kier alpha value is -3.61. The summed E-state index contributed by atoms with van der Waals surface area (Å²) in [6, 6.07) is 13.9. The third-order valence-corrected chi connectivity index (χ3v) is 3.90. The van der Waals surface area contributed by atoms with E-state index in [2.05, 4.69) is 15.6 Å². The highest BCUT2D eigenvalue weighted by Crippen LogP contribution is 2.32. The Morgan fingerprint density at radius 1 is 0.885 bits per heavy atom. The van der Waals surface area contributed by atoms with Crippen LogP contribution in [0, 0.1) is 0 Å². The minimum absolute atomic E-state index is 0.444. The number of anilines is 2. The molecule has 2 aromatic carbocycles. The van der Waals surface area contributed by atoms with E-state index in [0.717, 1.165) is 10.9 Å². The molecule has 130 valence electrons. The molecule has 0 aliphatic carbocycles. The number of nitrogens with zero attached hydrogens (tertiary/aromatic N) is 1. The highest BCUT2D eigenvalue weighted by atomic mass is 16.6. The van der Waals surface area contributed by atoms with Crippen molar-refractivity contribution in [2.24, 2.45) is 0 Å². The molecule has 0 unspecified atom stereocenters. The largest absolute Gasteiger partial charge is 0.486 e. The maximum atomic E-state index is 12.2. The van der Waals surface area contributed by atoms with Crippen LogP contribution in [0.3, 0.4) is 0 Å².